The van der Waals surface area contributed by atoms with E-state index in [1.165, 1.54) is 26.2 Å². The smallest absolute Gasteiger partial charge is 0.187 e. The van der Waals surface area contributed by atoms with Gasteiger partial charge in [0.2, 0.25) is 0 Å². The van der Waals surface area contributed by atoms with Crippen molar-refractivity contribution in [2.45, 2.75) is 209 Å². The van der Waals surface area contributed by atoms with Crippen molar-refractivity contribution >= 4 is 0 Å². The Morgan fingerprint density at radius 3 is 2.00 bits per heavy atom. The summed E-state index contributed by atoms with van der Waals surface area (Å²) in [5.74, 6) is 3.41. The summed E-state index contributed by atoms with van der Waals surface area (Å²) in [5.41, 5.74) is 0.400. The first kappa shape index (κ1) is 46.4. The molecule has 356 valence electrons. The highest BCUT2D eigenvalue weighted by Gasteiger charge is 2.69. The van der Waals surface area contributed by atoms with Gasteiger partial charge in [-0.2, -0.15) is 0 Å². The third kappa shape index (κ3) is 7.66. The molecule has 9 N–H and O–H groups in total. The fraction of sp³-hybridized carbons (Fsp3) is 1.00. The van der Waals surface area contributed by atoms with E-state index in [0.717, 1.165) is 51.6 Å². The van der Waals surface area contributed by atoms with Gasteiger partial charge in [0.1, 0.15) is 67.1 Å². The summed E-state index contributed by atoms with van der Waals surface area (Å²) >= 11 is 0. The number of hydrogen-bond acceptors (Lipinski definition) is 17. The molecular formula is C45H74O17. The molecular weight excluding hydrogens is 812 g/mol. The number of ether oxygens (including phenoxy) is 8. The quantitative estimate of drug-likeness (QED) is 0.149. The van der Waals surface area contributed by atoms with Crippen molar-refractivity contribution in [2.24, 2.45) is 52.3 Å². The fourth-order valence-corrected chi connectivity index (χ4v) is 14.5. The number of rotatable bonds is 8. The van der Waals surface area contributed by atoms with Gasteiger partial charge in [-0.25, -0.2) is 0 Å². The molecule has 9 fully saturated rings. The molecule has 5 aliphatic heterocycles. The van der Waals surface area contributed by atoms with Crippen molar-refractivity contribution in [2.75, 3.05) is 19.8 Å². The molecule has 4 aliphatic carbocycles. The lowest BCUT2D eigenvalue weighted by Gasteiger charge is -2.61. The van der Waals surface area contributed by atoms with E-state index in [2.05, 4.69) is 27.7 Å². The molecule has 1 spiro atoms. The van der Waals surface area contributed by atoms with E-state index in [1.54, 1.807) is 0 Å². The van der Waals surface area contributed by atoms with Crippen molar-refractivity contribution < 1.29 is 83.9 Å². The Morgan fingerprint density at radius 2 is 1.29 bits per heavy atom. The Morgan fingerprint density at radius 1 is 0.613 bits per heavy atom. The molecule has 9 aliphatic rings. The highest BCUT2D eigenvalue weighted by molar-refractivity contribution is 5.15. The van der Waals surface area contributed by atoms with Crippen LogP contribution in [0.15, 0.2) is 0 Å². The molecule has 27 unspecified atom stereocenters. The maximum Gasteiger partial charge on any atom is 0.187 e. The molecule has 62 heavy (non-hydrogen) atoms. The molecule has 0 bridgehead atoms. The Bertz CT molecular complexity index is 1550. The normalized spacial score (nSPS) is 58.9. The van der Waals surface area contributed by atoms with Crippen molar-refractivity contribution in [3.63, 3.8) is 0 Å². The maximum absolute atomic E-state index is 11.1. The van der Waals surface area contributed by atoms with E-state index in [0.29, 0.717) is 41.4 Å². The van der Waals surface area contributed by atoms with Gasteiger partial charge in [-0.05, 0) is 111 Å². The molecule has 0 radical (unpaired) electrons. The van der Waals surface area contributed by atoms with Gasteiger partial charge in [0.25, 0.3) is 0 Å². The molecule has 5 saturated heterocycles. The second-order valence-corrected chi connectivity index (χ2v) is 21.5. The van der Waals surface area contributed by atoms with Gasteiger partial charge in [-0.15, -0.1) is 0 Å². The van der Waals surface area contributed by atoms with Crippen LogP contribution < -0.4 is 0 Å². The van der Waals surface area contributed by atoms with Crippen LogP contribution in [0.1, 0.15) is 98.8 Å². The largest absolute Gasteiger partial charge is 0.394 e. The Kier molecular flexibility index (Phi) is 13.1. The highest BCUT2D eigenvalue weighted by Crippen LogP contribution is 2.71. The summed E-state index contributed by atoms with van der Waals surface area (Å²) in [6.07, 6.45) is -11.7. The Labute approximate surface area is 364 Å². The predicted octanol–water partition coefficient (Wildman–Crippen LogP) is 0.294. The average molecular weight is 887 g/mol. The van der Waals surface area contributed by atoms with E-state index >= 15 is 0 Å². The molecule has 0 aromatic carbocycles. The first-order valence-corrected chi connectivity index (χ1v) is 23.7. The molecule has 4 saturated carbocycles. The number of aliphatic hydroxyl groups is 9. The zero-order valence-corrected chi connectivity index (χ0v) is 36.8. The van der Waals surface area contributed by atoms with Gasteiger partial charge in [-0.1, -0.05) is 27.7 Å². The van der Waals surface area contributed by atoms with Crippen LogP contribution in [-0.4, -0.2) is 176 Å². The summed E-state index contributed by atoms with van der Waals surface area (Å²) in [6.45, 7) is 10.8. The Balaban J connectivity index is 0.793. The van der Waals surface area contributed by atoms with E-state index in [1.807, 2.05) is 0 Å². The standard InChI is InChI=1S/C45H74O17/c1-19-8-13-45(56-17-19)20(2)30-27(62-45)15-26-24-7-6-22-14-23(9-11-43(22,4)25(24)10-12-44(26,30)5)58-42-37(53)34(50)32(48)29(60-42)18-55-40-38(54)35(51)39(28(16-46)59-40)61-41-36(52)33(49)31(47)21(3)57-41/h19-42,46-54H,6-18H2,1-5H3. The zero-order valence-electron chi connectivity index (χ0n) is 36.8. The van der Waals surface area contributed by atoms with Crippen LogP contribution in [-0.2, 0) is 37.9 Å². The summed E-state index contributed by atoms with van der Waals surface area (Å²) in [5, 5.41) is 95.7. The van der Waals surface area contributed by atoms with Crippen molar-refractivity contribution in [1.29, 1.82) is 0 Å². The van der Waals surface area contributed by atoms with Crippen molar-refractivity contribution in [3.05, 3.63) is 0 Å². The second kappa shape index (κ2) is 17.4. The lowest BCUT2D eigenvalue weighted by atomic mass is 9.44. The molecule has 9 rings (SSSR count). The van der Waals surface area contributed by atoms with Crippen LogP contribution in [0.25, 0.3) is 0 Å². The average Bonchev–Trinajstić information content (AvgIpc) is 3.70. The van der Waals surface area contributed by atoms with Gasteiger partial charge in [0, 0.05) is 12.3 Å². The minimum atomic E-state index is -1.76. The molecule has 27 atom stereocenters. The van der Waals surface area contributed by atoms with Gasteiger partial charge in [0.05, 0.1) is 38.1 Å². The minimum Gasteiger partial charge on any atom is -0.394 e. The van der Waals surface area contributed by atoms with Gasteiger partial charge in [-0.3, -0.25) is 0 Å². The van der Waals surface area contributed by atoms with E-state index < -0.39 is 111 Å². The van der Waals surface area contributed by atoms with E-state index in [4.69, 9.17) is 37.9 Å². The molecule has 0 aromatic rings. The third-order valence-corrected chi connectivity index (χ3v) is 18.2. The molecule has 0 amide bonds. The number of hydrogen-bond donors (Lipinski definition) is 9. The topological polar surface area (TPSA) is 256 Å². The van der Waals surface area contributed by atoms with Crippen LogP contribution in [0.4, 0.5) is 0 Å². The first-order chi connectivity index (χ1) is 29.4. The van der Waals surface area contributed by atoms with E-state index in [-0.39, 0.29) is 23.0 Å². The maximum atomic E-state index is 11.1. The van der Waals surface area contributed by atoms with Gasteiger partial charge >= 0.3 is 0 Å². The first-order valence-electron chi connectivity index (χ1n) is 23.7. The summed E-state index contributed by atoms with van der Waals surface area (Å²) < 4.78 is 48.7. The third-order valence-electron chi connectivity index (χ3n) is 18.2. The van der Waals surface area contributed by atoms with Crippen LogP contribution in [0.5, 0.6) is 0 Å². The predicted molar refractivity (Wildman–Crippen MR) is 214 cm³/mol. The van der Waals surface area contributed by atoms with Crippen LogP contribution in [0, 0.1) is 52.3 Å². The molecule has 5 heterocycles. The van der Waals surface area contributed by atoms with Crippen molar-refractivity contribution in [1.82, 2.24) is 0 Å². The highest BCUT2D eigenvalue weighted by atomic mass is 16.8. The molecule has 17 nitrogen and oxygen atoms in total. The van der Waals surface area contributed by atoms with Gasteiger partial charge < -0.3 is 83.9 Å². The summed E-state index contributed by atoms with van der Waals surface area (Å²) in [6, 6.07) is 0. The fourth-order valence-electron chi connectivity index (χ4n) is 14.5. The lowest BCUT2D eigenvalue weighted by Crippen LogP contribution is -2.64. The SMILES string of the molecule is CC1CCC2(OC1)OC1CC3C4CCC5CC(OC6OC(COC7OC(CO)C(OC8OC(C)C(O)C(O)C8O)C(O)C7O)C(O)C(O)C6O)CCC5(C)C4CCC3(C)C1C2C. The number of fused-ring (bicyclic) bond motifs is 7. The Hall–Kier alpha value is -0.680. The zero-order chi connectivity index (χ0) is 44.2. The van der Waals surface area contributed by atoms with Crippen LogP contribution in [0.2, 0.25) is 0 Å². The second-order valence-electron chi connectivity index (χ2n) is 21.5. The number of aliphatic hydroxyl groups excluding tert-OH is 9. The monoisotopic (exact) mass is 886 g/mol. The molecule has 17 heteroatoms. The minimum absolute atomic E-state index is 0.156. The van der Waals surface area contributed by atoms with Crippen LogP contribution in [0.3, 0.4) is 0 Å². The van der Waals surface area contributed by atoms with Crippen molar-refractivity contribution in [3.8, 4) is 0 Å². The summed E-state index contributed by atoms with van der Waals surface area (Å²) in [4.78, 5) is 0. The summed E-state index contributed by atoms with van der Waals surface area (Å²) in [7, 11) is 0. The van der Waals surface area contributed by atoms with Gasteiger partial charge in [0.15, 0.2) is 24.7 Å². The van der Waals surface area contributed by atoms with E-state index in [9.17, 15) is 46.0 Å². The lowest BCUT2D eigenvalue weighted by molar-refractivity contribution is -0.363. The molecule has 0 aromatic heterocycles. The van der Waals surface area contributed by atoms with Crippen LogP contribution >= 0.6 is 0 Å².